The molecule has 2 unspecified atom stereocenters. The fourth-order valence-corrected chi connectivity index (χ4v) is 2.17. The van der Waals surface area contributed by atoms with Crippen LogP contribution < -0.4 is 0 Å². The summed E-state index contributed by atoms with van der Waals surface area (Å²) in [4.78, 5) is 15.8. The maximum Gasteiger partial charge on any atom is 0.335 e. The zero-order chi connectivity index (χ0) is 13.1. The Morgan fingerprint density at radius 3 is 2.61 bits per heavy atom. The monoisotopic (exact) mass is 247 g/mol. The maximum absolute atomic E-state index is 11.8. The number of esters is 1. The summed E-state index contributed by atoms with van der Waals surface area (Å²) in [6, 6.07) is 5.52. The van der Waals surface area contributed by atoms with E-state index in [1.54, 1.807) is 6.92 Å². The standard InChI is InChI=1S/C14H17NO3/c1-4-17-14(16)12-13(18-8-15-12)11-6-9(2)5-10(3)7-11/h5-8,12-13H,4H2,1-3H3. The second kappa shape index (κ2) is 5.21. The van der Waals surface area contributed by atoms with Gasteiger partial charge in [-0.1, -0.05) is 29.3 Å². The summed E-state index contributed by atoms with van der Waals surface area (Å²) in [5.74, 6) is -0.338. The topological polar surface area (TPSA) is 47.9 Å². The Balaban J connectivity index is 2.24. The van der Waals surface area contributed by atoms with Crippen molar-refractivity contribution in [2.24, 2.45) is 4.99 Å². The summed E-state index contributed by atoms with van der Waals surface area (Å²) >= 11 is 0. The Labute approximate surface area is 107 Å². The lowest BCUT2D eigenvalue weighted by atomic mass is 9.99. The molecule has 0 saturated carbocycles. The third-order valence-electron chi connectivity index (χ3n) is 2.82. The lowest BCUT2D eigenvalue weighted by Crippen LogP contribution is -2.26. The number of hydrogen-bond acceptors (Lipinski definition) is 4. The summed E-state index contributed by atoms with van der Waals surface area (Å²) in [5, 5.41) is 0. The van der Waals surface area contributed by atoms with Crippen molar-refractivity contribution in [1.29, 1.82) is 0 Å². The smallest absolute Gasteiger partial charge is 0.335 e. The zero-order valence-corrected chi connectivity index (χ0v) is 10.8. The van der Waals surface area contributed by atoms with Crippen LogP contribution in [-0.4, -0.2) is 25.0 Å². The quantitative estimate of drug-likeness (QED) is 0.770. The molecule has 0 amide bonds. The predicted octanol–water partition coefficient (Wildman–Crippen LogP) is 2.33. The molecule has 4 nitrogen and oxygen atoms in total. The van der Waals surface area contributed by atoms with Crippen LogP contribution in [0.25, 0.3) is 0 Å². The normalized spacial score (nSPS) is 21.7. The predicted molar refractivity (Wildman–Crippen MR) is 68.7 cm³/mol. The van der Waals surface area contributed by atoms with Crippen LogP contribution in [0.1, 0.15) is 29.7 Å². The van der Waals surface area contributed by atoms with E-state index in [2.05, 4.69) is 11.1 Å². The van der Waals surface area contributed by atoms with Crippen molar-refractivity contribution < 1.29 is 14.3 Å². The number of aliphatic imine (C=N–C) groups is 1. The van der Waals surface area contributed by atoms with Gasteiger partial charge in [0.2, 0.25) is 0 Å². The summed E-state index contributed by atoms with van der Waals surface area (Å²) in [6.07, 6.45) is 0.965. The molecule has 4 heteroatoms. The Kier molecular flexibility index (Phi) is 3.65. The van der Waals surface area contributed by atoms with E-state index in [1.807, 2.05) is 26.0 Å². The molecular weight excluding hydrogens is 230 g/mol. The van der Waals surface area contributed by atoms with Crippen molar-refractivity contribution in [3.8, 4) is 0 Å². The van der Waals surface area contributed by atoms with Gasteiger partial charge in [-0.3, -0.25) is 0 Å². The first kappa shape index (κ1) is 12.6. The van der Waals surface area contributed by atoms with Gasteiger partial charge in [0.25, 0.3) is 0 Å². The molecule has 1 heterocycles. The molecule has 1 aromatic rings. The van der Waals surface area contributed by atoms with Crippen molar-refractivity contribution in [3.05, 3.63) is 34.9 Å². The average molecular weight is 247 g/mol. The number of nitrogens with zero attached hydrogens (tertiary/aromatic N) is 1. The van der Waals surface area contributed by atoms with Crippen LogP contribution in [-0.2, 0) is 14.3 Å². The first-order valence-corrected chi connectivity index (χ1v) is 6.03. The first-order valence-electron chi connectivity index (χ1n) is 6.03. The first-order chi connectivity index (χ1) is 8.61. The summed E-state index contributed by atoms with van der Waals surface area (Å²) in [7, 11) is 0. The van der Waals surface area contributed by atoms with Crippen molar-refractivity contribution in [2.45, 2.75) is 32.9 Å². The SMILES string of the molecule is CCOC(=O)C1N=COC1c1cc(C)cc(C)c1. The fourth-order valence-electron chi connectivity index (χ4n) is 2.17. The van der Waals surface area contributed by atoms with Gasteiger partial charge in [-0.05, 0) is 26.3 Å². The molecule has 0 spiro atoms. The van der Waals surface area contributed by atoms with Gasteiger partial charge in [0.05, 0.1) is 6.61 Å². The maximum atomic E-state index is 11.8. The second-order valence-corrected chi connectivity index (χ2v) is 4.43. The van der Waals surface area contributed by atoms with Gasteiger partial charge in [-0.15, -0.1) is 0 Å². The Morgan fingerprint density at radius 1 is 1.33 bits per heavy atom. The lowest BCUT2D eigenvalue weighted by Gasteiger charge is -2.17. The molecule has 0 N–H and O–H groups in total. The molecule has 0 saturated heterocycles. The van der Waals surface area contributed by atoms with Gasteiger partial charge >= 0.3 is 5.97 Å². The van der Waals surface area contributed by atoms with E-state index in [1.165, 1.54) is 6.40 Å². The lowest BCUT2D eigenvalue weighted by molar-refractivity contribution is -0.146. The molecule has 18 heavy (non-hydrogen) atoms. The van der Waals surface area contributed by atoms with Crippen LogP contribution in [0.15, 0.2) is 23.2 Å². The molecule has 0 aromatic heterocycles. The van der Waals surface area contributed by atoms with E-state index in [-0.39, 0.29) is 12.1 Å². The molecule has 1 aliphatic heterocycles. The van der Waals surface area contributed by atoms with E-state index < -0.39 is 6.04 Å². The van der Waals surface area contributed by atoms with Gasteiger partial charge in [-0.2, -0.15) is 0 Å². The molecular formula is C14H17NO3. The van der Waals surface area contributed by atoms with E-state index >= 15 is 0 Å². The van der Waals surface area contributed by atoms with E-state index in [4.69, 9.17) is 9.47 Å². The number of ether oxygens (including phenoxy) is 2. The minimum Gasteiger partial charge on any atom is -0.473 e. The number of rotatable bonds is 3. The Morgan fingerprint density at radius 2 is 2.00 bits per heavy atom. The second-order valence-electron chi connectivity index (χ2n) is 4.43. The molecule has 0 bridgehead atoms. The highest BCUT2D eigenvalue weighted by Gasteiger charge is 2.35. The minimum atomic E-state index is -0.592. The number of carbonyl (C=O) groups excluding carboxylic acids is 1. The van der Waals surface area contributed by atoms with Crippen LogP contribution in [0.5, 0.6) is 0 Å². The zero-order valence-electron chi connectivity index (χ0n) is 10.8. The molecule has 0 fully saturated rings. The average Bonchev–Trinajstić information content (AvgIpc) is 2.76. The van der Waals surface area contributed by atoms with E-state index in [0.29, 0.717) is 6.61 Å². The molecule has 1 aromatic carbocycles. The summed E-state index contributed by atoms with van der Waals surface area (Å²) in [6.45, 7) is 6.17. The highest BCUT2D eigenvalue weighted by Crippen LogP contribution is 2.29. The van der Waals surface area contributed by atoms with Gasteiger partial charge in [-0.25, -0.2) is 9.79 Å². The molecule has 0 aliphatic carbocycles. The van der Waals surface area contributed by atoms with Crippen LogP contribution in [0.4, 0.5) is 0 Å². The van der Waals surface area contributed by atoms with Crippen molar-refractivity contribution in [2.75, 3.05) is 6.61 Å². The van der Waals surface area contributed by atoms with Gasteiger partial charge in [0.1, 0.15) is 0 Å². The largest absolute Gasteiger partial charge is 0.473 e. The van der Waals surface area contributed by atoms with E-state index in [9.17, 15) is 4.79 Å². The number of benzene rings is 1. The highest BCUT2D eigenvalue weighted by atomic mass is 16.5. The van der Waals surface area contributed by atoms with Gasteiger partial charge in [0, 0.05) is 0 Å². The van der Waals surface area contributed by atoms with Crippen molar-refractivity contribution in [1.82, 2.24) is 0 Å². The fraction of sp³-hybridized carbons (Fsp3) is 0.429. The third-order valence-corrected chi connectivity index (χ3v) is 2.82. The van der Waals surface area contributed by atoms with Crippen LogP contribution in [0, 0.1) is 13.8 Å². The summed E-state index contributed by atoms with van der Waals surface area (Å²) in [5.41, 5.74) is 3.24. The van der Waals surface area contributed by atoms with Crippen molar-refractivity contribution in [3.63, 3.8) is 0 Å². The number of aryl methyl sites for hydroxylation is 2. The molecule has 96 valence electrons. The highest BCUT2D eigenvalue weighted by molar-refractivity contribution is 5.80. The summed E-state index contributed by atoms with van der Waals surface area (Å²) < 4.78 is 10.4. The van der Waals surface area contributed by atoms with Gasteiger partial charge < -0.3 is 9.47 Å². The minimum absolute atomic E-state index is 0.338. The number of hydrogen-bond donors (Lipinski definition) is 0. The Hall–Kier alpha value is -1.84. The molecule has 2 atom stereocenters. The van der Waals surface area contributed by atoms with Crippen LogP contribution in [0.3, 0.4) is 0 Å². The molecule has 2 rings (SSSR count). The van der Waals surface area contributed by atoms with Crippen molar-refractivity contribution >= 4 is 12.4 Å². The molecule has 1 aliphatic rings. The number of carbonyl (C=O) groups is 1. The van der Waals surface area contributed by atoms with E-state index in [0.717, 1.165) is 16.7 Å². The van der Waals surface area contributed by atoms with Crippen LogP contribution >= 0.6 is 0 Å². The van der Waals surface area contributed by atoms with Crippen LogP contribution in [0.2, 0.25) is 0 Å². The van der Waals surface area contributed by atoms with Gasteiger partial charge in [0.15, 0.2) is 18.5 Å². The molecule has 0 radical (unpaired) electrons. The Bertz CT molecular complexity index is 462. The third kappa shape index (κ3) is 2.53.